The molecule has 3 rings (SSSR count). The molecule has 0 radical (unpaired) electrons. The molecule has 1 N–H and O–H groups in total. The van der Waals surface area contributed by atoms with Gasteiger partial charge in [-0.3, -0.25) is 0 Å². The normalized spacial score (nSPS) is 25.2. The minimum Gasteiger partial charge on any atom is -0.487 e. The Hall–Kier alpha value is -1.06. The van der Waals surface area contributed by atoms with Crippen LogP contribution >= 0.6 is 0 Å². The van der Waals surface area contributed by atoms with Crippen molar-refractivity contribution in [2.75, 3.05) is 19.8 Å². The molecular weight excluding hydrogens is 262 g/mol. The van der Waals surface area contributed by atoms with Gasteiger partial charge in [0.05, 0.1) is 6.61 Å². The van der Waals surface area contributed by atoms with Crippen molar-refractivity contribution >= 4 is 0 Å². The number of rotatable bonds is 4. The molecule has 21 heavy (non-hydrogen) atoms. The van der Waals surface area contributed by atoms with Crippen LogP contribution in [0.15, 0.2) is 18.2 Å². The molecule has 1 saturated heterocycles. The molecule has 1 aromatic rings. The fraction of sp³-hybridized carbons (Fsp3) is 0.667. The highest BCUT2D eigenvalue weighted by Gasteiger charge is 2.31. The Bertz CT molecular complexity index is 492. The molecular formula is C18H27NO2. The van der Waals surface area contributed by atoms with Gasteiger partial charge in [0.1, 0.15) is 11.4 Å². The van der Waals surface area contributed by atoms with Crippen LogP contribution in [0.1, 0.15) is 50.8 Å². The molecule has 2 unspecified atom stereocenters. The van der Waals surface area contributed by atoms with Crippen LogP contribution < -0.4 is 10.1 Å². The van der Waals surface area contributed by atoms with Gasteiger partial charge >= 0.3 is 0 Å². The highest BCUT2D eigenvalue weighted by Crippen LogP contribution is 2.38. The summed E-state index contributed by atoms with van der Waals surface area (Å²) in [6.45, 7) is 9.27. The van der Waals surface area contributed by atoms with Crippen LogP contribution in [-0.2, 0) is 11.2 Å². The van der Waals surface area contributed by atoms with Gasteiger partial charge in [0.2, 0.25) is 0 Å². The first-order valence-corrected chi connectivity index (χ1v) is 8.22. The van der Waals surface area contributed by atoms with E-state index in [9.17, 15) is 0 Å². The highest BCUT2D eigenvalue weighted by molar-refractivity contribution is 5.42. The lowest BCUT2D eigenvalue weighted by molar-refractivity contribution is 0.0392. The second kappa shape index (κ2) is 5.98. The molecule has 2 aliphatic rings. The van der Waals surface area contributed by atoms with Gasteiger partial charge in [-0.1, -0.05) is 19.1 Å². The first kappa shape index (κ1) is 14.9. The van der Waals surface area contributed by atoms with E-state index in [2.05, 4.69) is 44.3 Å². The van der Waals surface area contributed by atoms with E-state index in [0.29, 0.717) is 12.0 Å². The first-order chi connectivity index (χ1) is 10.1. The Morgan fingerprint density at radius 1 is 1.38 bits per heavy atom. The maximum atomic E-state index is 5.99. The highest BCUT2D eigenvalue weighted by atomic mass is 16.5. The second-order valence-corrected chi connectivity index (χ2v) is 6.92. The lowest BCUT2D eigenvalue weighted by atomic mass is 9.87. The Morgan fingerprint density at radius 3 is 2.95 bits per heavy atom. The Labute approximate surface area is 128 Å². The predicted molar refractivity (Wildman–Crippen MR) is 84.8 cm³/mol. The predicted octanol–water partition coefficient (Wildman–Crippen LogP) is 3.48. The van der Waals surface area contributed by atoms with Crippen LogP contribution in [0.2, 0.25) is 0 Å². The Morgan fingerprint density at radius 2 is 2.24 bits per heavy atom. The van der Waals surface area contributed by atoms with Gasteiger partial charge in [-0.2, -0.15) is 0 Å². The number of nitrogens with one attached hydrogen (secondary N) is 1. The third-order valence-electron chi connectivity index (χ3n) is 4.54. The third-order valence-corrected chi connectivity index (χ3v) is 4.54. The molecule has 0 bridgehead atoms. The molecule has 0 saturated carbocycles. The van der Waals surface area contributed by atoms with E-state index in [1.54, 1.807) is 0 Å². The van der Waals surface area contributed by atoms with Crippen molar-refractivity contribution in [3.63, 3.8) is 0 Å². The largest absolute Gasteiger partial charge is 0.487 e. The van der Waals surface area contributed by atoms with E-state index in [1.807, 2.05) is 0 Å². The van der Waals surface area contributed by atoms with Crippen LogP contribution in [0.5, 0.6) is 5.75 Å². The van der Waals surface area contributed by atoms with E-state index in [1.165, 1.54) is 24.0 Å². The third kappa shape index (κ3) is 3.24. The van der Waals surface area contributed by atoms with Gasteiger partial charge in [0, 0.05) is 25.0 Å². The van der Waals surface area contributed by atoms with E-state index in [0.717, 1.165) is 31.9 Å². The van der Waals surface area contributed by atoms with Crippen LogP contribution in [0.25, 0.3) is 0 Å². The molecule has 3 heteroatoms. The van der Waals surface area contributed by atoms with E-state index < -0.39 is 0 Å². The lowest BCUT2D eigenvalue weighted by Crippen LogP contribution is -2.33. The van der Waals surface area contributed by atoms with Crippen molar-refractivity contribution in [1.29, 1.82) is 0 Å². The zero-order valence-electron chi connectivity index (χ0n) is 13.4. The van der Waals surface area contributed by atoms with Gasteiger partial charge in [-0.15, -0.1) is 0 Å². The number of hydrogen-bond acceptors (Lipinski definition) is 3. The average molecular weight is 289 g/mol. The molecule has 0 aromatic heterocycles. The Balaban J connectivity index is 1.83. The summed E-state index contributed by atoms with van der Waals surface area (Å²) in [6, 6.07) is 7.10. The fourth-order valence-electron chi connectivity index (χ4n) is 3.63. The van der Waals surface area contributed by atoms with E-state index in [4.69, 9.17) is 9.47 Å². The number of hydrogen-bond donors (Lipinski definition) is 1. The number of ether oxygens (including phenoxy) is 2. The fourth-order valence-corrected chi connectivity index (χ4v) is 3.63. The van der Waals surface area contributed by atoms with Crippen molar-refractivity contribution in [1.82, 2.24) is 5.32 Å². The summed E-state index contributed by atoms with van der Waals surface area (Å²) in [6.07, 6.45) is 3.42. The van der Waals surface area contributed by atoms with Gasteiger partial charge in [-0.25, -0.2) is 0 Å². The maximum Gasteiger partial charge on any atom is 0.123 e. The van der Waals surface area contributed by atoms with Crippen LogP contribution in [0, 0.1) is 5.92 Å². The summed E-state index contributed by atoms with van der Waals surface area (Å²) in [5.74, 6) is 1.63. The average Bonchev–Trinajstić information content (AvgIpc) is 2.78. The molecule has 0 amide bonds. The van der Waals surface area contributed by atoms with Crippen molar-refractivity contribution < 1.29 is 9.47 Å². The summed E-state index contributed by atoms with van der Waals surface area (Å²) >= 11 is 0. The molecule has 3 nitrogen and oxygen atoms in total. The van der Waals surface area contributed by atoms with Crippen LogP contribution in [-0.4, -0.2) is 25.4 Å². The quantitative estimate of drug-likeness (QED) is 0.920. The second-order valence-electron chi connectivity index (χ2n) is 6.92. The van der Waals surface area contributed by atoms with Gasteiger partial charge in [-0.05, 0) is 50.4 Å². The summed E-state index contributed by atoms with van der Waals surface area (Å²) in [4.78, 5) is 0. The molecule has 1 aromatic carbocycles. The van der Waals surface area contributed by atoms with Gasteiger partial charge in [0.15, 0.2) is 0 Å². The van der Waals surface area contributed by atoms with Crippen molar-refractivity contribution in [3.05, 3.63) is 29.3 Å². The van der Waals surface area contributed by atoms with Gasteiger partial charge < -0.3 is 14.8 Å². The van der Waals surface area contributed by atoms with Crippen molar-refractivity contribution in [2.24, 2.45) is 5.92 Å². The van der Waals surface area contributed by atoms with E-state index in [-0.39, 0.29) is 5.60 Å². The minimum absolute atomic E-state index is 0.0669. The summed E-state index contributed by atoms with van der Waals surface area (Å²) in [5, 5.41) is 3.66. The summed E-state index contributed by atoms with van der Waals surface area (Å²) in [7, 11) is 0. The Kier molecular flexibility index (Phi) is 4.23. The van der Waals surface area contributed by atoms with Crippen LogP contribution in [0.4, 0.5) is 0 Å². The maximum absolute atomic E-state index is 5.99. The van der Waals surface area contributed by atoms with E-state index >= 15 is 0 Å². The van der Waals surface area contributed by atoms with Crippen molar-refractivity contribution in [2.45, 2.75) is 51.7 Å². The number of benzene rings is 1. The topological polar surface area (TPSA) is 30.5 Å². The number of fused-ring (bicyclic) bond motifs is 1. The SMILES string of the molecule is CCNC(c1ccc2c(c1)CC(C)(C)O2)C1CCCOC1. The molecule has 2 heterocycles. The smallest absolute Gasteiger partial charge is 0.123 e. The zero-order valence-corrected chi connectivity index (χ0v) is 13.4. The van der Waals surface area contributed by atoms with Crippen LogP contribution in [0.3, 0.4) is 0 Å². The molecule has 2 aliphatic heterocycles. The first-order valence-electron chi connectivity index (χ1n) is 8.22. The molecule has 2 atom stereocenters. The molecule has 0 aliphatic carbocycles. The summed E-state index contributed by atoms with van der Waals surface area (Å²) < 4.78 is 11.7. The lowest BCUT2D eigenvalue weighted by Gasteiger charge is -2.31. The molecule has 116 valence electrons. The standard InChI is InChI=1S/C18H27NO2/c1-4-19-17(14-6-5-9-20-12-14)13-7-8-16-15(10-13)11-18(2,3)21-16/h7-8,10,14,17,19H,4-6,9,11-12H2,1-3H3. The summed E-state index contributed by atoms with van der Waals surface area (Å²) in [5.41, 5.74) is 2.66. The molecule has 1 fully saturated rings. The zero-order chi connectivity index (χ0) is 14.9. The molecule has 0 spiro atoms. The minimum atomic E-state index is -0.0669. The van der Waals surface area contributed by atoms with Gasteiger partial charge in [0.25, 0.3) is 0 Å². The van der Waals surface area contributed by atoms with Crippen molar-refractivity contribution in [3.8, 4) is 5.75 Å². The monoisotopic (exact) mass is 289 g/mol.